The highest BCUT2D eigenvalue weighted by atomic mass is 16.5. The van der Waals surface area contributed by atoms with Crippen molar-refractivity contribution in [1.82, 2.24) is 10.3 Å². The second-order valence-corrected chi connectivity index (χ2v) is 5.17. The number of ether oxygens (including phenoxy) is 1. The molecule has 0 radical (unpaired) electrons. The first-order valence-electron chi connectivity index (χ1n) is 6.75. The first-order valence-corrected chi connectivity index (χ1v) is 6.75. The molecule has 1 heterocycles. The fourth-order valence-corrected chi connectivity index (χ4v) is 1.95. The van der Waals surface area contributed by atoms with Crippen LogP contribution in [0, 0.1) is 0 Å². The average Bonchev–Trinajstić information content (AvgIpc) is 3.21. The number of nitrogens with one attached hydrogen (secondary N) is 1. The monoisotopic (exact) mass is 265 g/mol. The molecule has 1 saturated carbocycles. The maximum absolute atomic E-state index is 9.68. The van der Waals surface area contributed by atoms with Gasteiger partial charge in [0.1, 0.15) is 5.82 Å². The van der Waals surface area contributed by atoms with Gasteiger partial charge in [-0.2, -0.15) is 0 Å². The highest BCUT2D eigenvalue weighted by Crippen LogP contribution is 2.19. The molecule has 106 valence electrons. The Hall–Kier alpha value is -1.17. The summed E-state index contributed by atoms with van der Waals surface area (Å²) in [4.78, 5) is 6.36. The average molecular weight is 265 g/mol. The smallest absolute Gasteiger partial charge is 0.128 e. The van der Waals surface area contributed by atoms with E-state index in [1.165, 1.54) is 18.4 Å². The molecule has 1 unspecified atom stereocenters. The number of rotatable bonds is 8. The van der Waals surface area contributed by atoms with Crippen LogP contribution in [0.25, 0.3) is 0 Å². The molecule has 1 aromatic rings. The molecule has 5 nitrogen and oxygen atoms in total. The van der Waals surface area contributed by atoms with Crippen molar-refractivity contribution in [2.24, 2.45) is 0 Å². The number of anilines is 1. The summed E-state index contributed by atoms with van der Waals surface area (Å²) in [7, 11) is 3.51. The number of aliphatic hydroxyl groups is 1. The van der Waals surface area contributed by atoms with Gasteiger partial charge in [-0.3, -0.25) is 0 Å². The Labute approximate surface area is 114 Å². The van der Waals surface area contributed by atoms with Gasteiger partial charge in [-0.25, -0.2) is 4.98 Å². The van der Waals surface area contributed by atoms with Gasteiger partial charge in [0.2, 0.25) is 0 Å². The van der Waals surface area contributed by atoms with Crippen molar-refractivity contribution in [1.29, 1.82) is 0 Å². The standard InChI is InChI=1S/C14H23N3O2/c1-17(9-13(18)10-19-2)14-6-3-11(8-16-14)7-15-12-4-5-12/h3,6,8,12-13,15,18H,4-5,7,9-10H2,1-2H3. The van der Waals surface area contributed by atoms with Crippen LogP contribution in [-0.2, 0) is 11.3 Å². The van der Waals surface area contributed by atoms with Crippen LogP contribution in [0.5, 0.6) is 0 Å². The lowest BCUT2D eigenvalue weighted by atomic mass is 10.2. The van der Waals surface area contributed by atoms with E-state index < -0.39 is 6.10 Å². The molecule has 0 spiro atoms. The van der Waals surface area contributed by atoms with Crippen LogP contribution in [0.2, 0.25) is 0 Å². The van der Waals surface area contributed by atoms with Crippen LogP contribution in [0.15, 0.2) is 18.3 Å². The van der Waals surface area contributed by atoms with E-state index in [9.17, 15) is 5.11 Å². The third-order valence-electron chi connectivity index (χ3n) is 3.22. The number of aliphatic hydroxyl groups excluding tert-OH is 1. The number of likely N-dealkylation sites (N-methyl/N-ethyl adjacent to an activating group) is 1. The van der Waals surface area contributed by atoms with Crippen molar-refractivity contribution in [3.8, 4) is 0 Å². The summed E-state index contributed by atoms with van der Waals surface area (Å²) in [5.74, 6) is 0.866. The predicted octanol–water partition coefficient (Wildman–Crippen LogP) is 0.777. The highest BCUT2D eigenvalue weighted by Gasteiger charge is 2.19. The Morgan fingerprint density at radius 2 is 2.32 bits per heavy atom. The van der Waals surface area contributed by atoms with Crippen LogP contribution < -0.4 is 10.2 Å². The lowest BCUT2D eigenvalue weighted by molar-refractivity contribution is 0.0694. The van der Waals surface area contributed by atoms with Gasteiger partial charge in [-0.1, -0.05) is 6.07 Å². The minimum atomic E-state index is -0.493. The second-order valence-electron chi connectivity index (χ2n) is 5.17. The molecule has 0 aliphatic heterocycles. The van der Waals surface area contributed by atoms with E-state index in [1.807, 2.05) is 24.2 Å². The molecule has 0 aromatic carbocycles. The van der Waals surface area contributed by atoms with Gasteiger partial charge >= 0.3 is 0 Å². The van der Waals surface area contributed by atoms with E-state index in [2.05, 4.69) is 16.4 Å². The summed E-state index contributed by atoms with van der Waals surface area (Å²) in [6, 6.07) is 4.78. The summed E-state index contributed by atoms with van der Waals surface area (Å²) in [6.07, 6.45) is 3.99. The summed E-state index contributed by atoms with van der Waals surface area (Å²) in [5, 5.41) is 13.1. The molecule has 0 amide bonds. The quantitative estimate of drug-likeness (QED) is 0.727. The number of pyridine rings is 1. The largest absolute Gasteiger partial charge is 0.389 e. The molecule has 0 saturated heterocycles. The van der Waals surface area contributed by atoms with Crippen LogP contribution in [0.1, 0.15) is 18.4 Å². The fourth-order valence-electron chi connectivity index (χ4n) is 1.95. The Bertz CT molecular complexity index is 379. The topological polar surface area (TPSA) is 57.6 Å². The van der Waals surface area contributed by atoms with Crippen LogP contribution in [0.4, 0.5) is 5.82 Å². The summed E-state index contributed by atoms with van der Waals surface area (Å²) < 4.78 is 4.91. The molecule has 5 heteroatoms. The Morgan fingerprint density at radius 3 is 2.89 bits per heavy atom. The molecule has 1 atom stereocenters. The number of aromatic nitrogens is 1. The van der Waals surface area contributed by atoms with Crippen LogP contribution >= 0.6 is 0 Å². The van der Waals surface area contributed by atoms with E-state index in [0.717, 1.165) is 12.4 Å². The van der Waals surface area contributed by atoms with Gasteiger partial charge in [0.25, 0.3) is 0 Å². The zero-order valence-corrected chi connectivity index (χ0v) is 11.7. The number of nitrogens with zero attached hydrogens (tertiary/aromatic N) is 2. The van der Waals surface area contributed by atoms with Crippen molar-refractivity contribution in [3.63, 3.8) is 0 Å². The lowest BCUT2D eigenvalue weighted by Gasteiger charge is -2.21. The summed E-state index contributed by atoms with van der Waals surface area (Å²) >= 11 is 0. The molecule has 19 heavy (non-hydrogen) atoms. The van der Waals surface area contributed by atoms with Gasteiger partial charge in [0.05, 0.1) is 12.7 Å². The minimum Gasteiger partial charge on any atom is -0.389 e. The van der Waals surface area contributed by atoms with Crippen LogP contribution in [0.3, 0.4) is 0 Å². The molecule has 1 aliphatic carbocycles. The maximum atomic E-state index is 9.68. The number of methoxy groups -OCH3 is 1. The van der Waals surface area contributed by atoms with Gasteiger partial charge in [0, 0.05) is 39.5 Å². The maximum Gasteiger partial charge on any atom is 0.128 e. The Morgan fingerprint density at radius 1 is 1.53 bits per heavy atom. The van der Waals surface area contributed by atoms with Crippen molar-refractivity contribution < 1.29 is 9.84 Å². The Balaban J connectivity index is 1.82. The zero-order chi connectivity index (χ0) is 13.7. The van der Waals surface area contributed by atoms with E-state index in [0.29, 0.717) is 19.2 Å². The van der Waals surface area contributed by atoms with Crippen molar-refractivity contribution in [2.75, 3.05) is 32.2 Å². The molecule has 2 N–H and O–H groups in total. The van der Waals surface area contributed by atoms with E-state index >= 15 is 0 Å². The van der Waals surface area contributed by atoms with E-state index in [-0.39, 0.29) is 0 Å². The second kappa shape index (κ2) is 6.84. The van der Waals surface area contributed by atoms with E-state index in [1.54, 1.807) is 7.11 Å². The van der Waals surface area contributed by atoms with Gasteiger partial charge in [0.15, 0.2) is 0 Å². The third-order valence-corrected chi connectivity index (χ3v) is 3.22. The molecule has 1 fully saturated rings. The molecule has 1 aromatic heterocycles. The molecule has 2 rings (SSSR count). The minimum absolute atomic E-state index is 0.341. The van der Waals surface area contributed by atoms with Crippen molar-refractivity contribution >= 4 is 5.82 Å². The summed E-state index contributed by atoms with van der Waals surface area (Å²) in [6.45, 7) is 1.74. The highest BCUT2D eigenvalue weighted by molar-refractivity contribution is 5.38. The number of hydrogen-bond donors (Lipinski definition) is 2. The Kier molecular flexibility index (Phi) is 5.13. The van der Waals surface area contributed by atoms with Crippen molar-refractivity contribution in [2.45, 2.75) is 31.5 Å². The lowest BCUT2D eigenvalue weighted by Crippen LogP contribution is -2.32. The van der Waals surface area contributed by atoms with Gasteiger partial charge in [-0.15, -0.1) is 0 Å². The zero-order valence-electron chi connectivity index (χ0n) is 11.7. The SMILES string of the molecule is COCC(O)CN(C)c1ccc(CNC2CC2)cn1. The first-order chi connectivity index (χ1) is 9.19. The first kappa shape index (κ1) is 14.2. The van der Waals surface area contributed by atoms with Gasteiger partial charge < -0.3 is 20.1 Å². The molecular formula is C14H23N3O2. The molecule has 1 aliphatic rings. The molecule has 0 bridgehead atoms. The van der Waals surface area contributed by atoms with Gasteiger partial charge in [-0.05, 0) is 24.5 Å². The van der Waals surface area contributed by atoms with Crippen molar-refractivity contribution in [3.05, 3.63) is 23.9 Å². The predicted molar refractivity (Wildman–Crippen MR) is 75.3 cm³/mol. The fraction of sp³-hybridized carbons (Fsp3) is 0.643. The molecular weight excluding hydrogens is 242 g/mol. The summed E-state index contributed by atoms with van der Waals surface area (Å²) in [5.41, 5.74) is 1.20. The number of hydrogen-bond acceptors (Lipinski definition) is 5. The van der Waals surface area contributed by atoms with E-state index in [4.69, 9.17) is 4.74 Å². The third kappa shape index (κ3) is 4.78. The van der Waals surface area contributed by atoms with Crippen LogP contribution in [-0.4, -0.2) is 49.5 Å². The normalized spacial score (nSPS) is 16.4.